The van der Waals surface area contributed by atoms with E-state index in [4.69, 9.17) is 0 Å². The number of fused-ring (bicyclic) bond motifs is 1. The first-order valence-electron chi connectivity index (χ1n) is 10.6. The molecular formula is C22H29N3O3. The summed E-state index contributed by atoms with van der Waals surface area (Å²) in [5.41, 5.74) is 0.000565. The van der Waals surface area contributed by atoms with E-state index in [-0.39, 0.29) is 29.7 Å². The first kappa shape index (κ1) is 19.0. The Hall–Kier alpha value is -2.37. The van der Waals surface area contributed by atoms with Crippen molar-refractivity contribution in [3.8, 4) is 0 Å². The van der Waals surface area contributed by atoms with E-state index in [2.05, 4.69) is 6.92 Å². The summed E-state index contributed by atoms with van der Waals surface area (Å²) in [5, 5.41) is 0.521. The van der Waals surface area contributed by atoms with Crippen LogP contribution in [0.2, 0.25) is 0 Å². The summed E-state index contributed by atoms with van der Waals surface area (Å²) in [5.74, 6) is 0.605. The minimum atomic E-state index is -0.339. The molecular weight excluding hydrogens is 354 g/mol. The number of nitrogens with zero attached hydrogens (tertiary/aromatic N) is 3. The average molecular weight is 383 g/mol. The molecule has 150 valence electrons. The van der Waals surface area contributed by atoms with E-state index >= 15 is 0 Å². The maximum Gasteiger partial charge on any atom is 0.332 e. The Bertz CT molecular complexity index is 977. The van der Waals surface area contributed by atoms with E-state index in [1.807, 2.05) is 17.0 Å². The second kappa shape index (κ2) is 7.94. The molecule has 0 atom stereocenters. The lowest BCUT2D eigenvalue weighted by atomic mass is 9.95. The van der Waals surface area contributed by atoms with Crippen molar-refractivity contribution in [1.82, 2.24) is 14.0 Å². The van der Waals surface area contributed by atoms with Gasteiger partial charge in [-0.3, -0.25) is 18.7 Å². The zero-order valence-electron chi connectivity index (χ0n) is 16.6. The van der Waals surface area contributed by atoms with E-state index in [1.165, 1.54) is 9.13 Å². The van der Waals surface area contributed by atoms with Crippen molar-refractivity contribution < 1.29 is 4.79 Å². The van der Waals surface area contributed by atoms with Gasteiger partial charge in [0.1, 0.15) is 6.54 Å². The van der Waals surface area contributed by atoms with Crippen LogP contribution in [0.1, 0.15) is 57.9 Å². The number of rotatable bonds is 3. The predicted octanol–water partition coefficient (Wildman–Crippen LogP) is 2.93. The van der Waals surface area contributed by atoms with Gasteiger partial charge in [-0.15, -0.1) is 0 Å². The van der Waals surface area contributed by atoms with Gasteiger partial charge >= 0.3 is 5.69 Å². The van der Waals surface area contributed by atoms with Gasteiger partial charge in [0, 0.05) is 19.1 Å². The van der Waals surface area contributed by atoms with Gasteiger partial charge in [-0.2, -0.15) is 0 Å². The molecule has 1 aliphatic heterocycles. The van der Waals surface area contributed by atoms with Gasteiger partial charge in [-0.25, -0.2) is 4.79 Å². The largest absolute Gasteiger partial charge is 0.341 e. The third kappa shape index (κ3) is 3.52. The summed E-state index contributed by atoms with van der Waals surface area (Å²) in [7, 11) is 0. The molecule has 6 nitrogen and oxygen atoms in total. The van der Waals surface area contributed by atoms with Crippen molar-refractivity contribution in [3.63, 3.8) is 0 Å². The van der Waals surface area contributed by atoms with Crippen molar-refractivity contribution in [2.24, 2.45) is 5.92 Å². The smallest absolute Gasteiger partial charge is 0.332 e. The lowest BCUT2D eigenvalue weighted by Crippen LogP contribution is -2.46. The first-order chi connectivity index (χ1) is 13.6. The molecule has 0 unspecified atom stereocenters. The minimum Gasteiger partial charge on any atom is -0.341 e. The summed E-state index contributed by atoms with van der Waals surface area (Å²) >= 11 is 0. The summed E-state index contributed by atoms with van der Waals surface area (Å²) in [4.78, 5) is 41.2. The zero-order chi connectivity index (χ0) is 19.7. The lowest BCUT2D eigenvalue weighted by Gasteiger charge is -2.31. The number of para-hydroxylation sites is 1. The number of carbonyl (C=O) groups excluding carboxylic acids is 1. The molecule has 2 fully saturated rings. The van der Waals surface area contributed by atoms with Gasteiger partial charge in [0.25, 0.3) is 5.56 Å². The highest BCUT2D eigenvalue weighted by atomic mass is 16.2. The number of benzene rings is 1. The molecule has 2 aromatic rings. The van der Waals surface area contributed by atoms with Crippen LogP contribution < -0.4 is 11.2 Å². The van der Waals surface area contributed by atoms with Crippen LogP contribution in [0.4, 0.5) is 0 Å². The molecule has 2 heterocycles. The number of likely N-dealkylation sites (tertiary alicyclic amines) is 1. The number of carbonyl (C=O) groups is 1. The molecule has 0 N–H and O–H groups in total. The monoisotopic (exact) mass is 383 g/mol. The maximum absolute atomic E-state index is 13.3. The highest BCUT2D eigenvalue weighted by Crippen LogP contribution is 2.26. The predicted molar refractivity (Wildman–Crippen MR) is 110 cm³/mol. The lowest BCUT2D eigenvalue weighted by molar-refractivity contribution is -0.133. The van der Waals surface area contributed by atoms with Crippen LogP contribution in [-0.2, 0) is 11.3 Å². The summed E-state index contributed by atoms with van der Waals surface area (Å²) < 4.78 is 2.94. The molecule has 1 amide bonds. The van der Waals surface area contributed by atoms with Gasteiger partial charge in [-0.1, -0.05) is 38.3 Å². The summed E-state index contributed by atoms with van der Waals surface area (Å²) in [6, 6.07) is 7.11. The minimum absolute atomic E-state index is 0.000722. The highest BCUT2D eigenvalue weighted by molar-refractivity contribution is 5.81. The van der Waals surface area contributed by atoms with Crippen LogP contribution in [-0.4, -0.2) is 33.0 Å². The van der Waals surface area contributed by atoms with Crippen molar-refractivity contribution >= 4 is 16.8 Å². The topological polar surface area (TPSA) is 64.3 Å². The van der Waals surface area contributed by atoms with Crippen LogP contribution >= 0.6 is 0 Å². The van der Waals surface area contributed by atoms with Crippen LogP contribution in [0.15, 0.2) is 33.9 Å². The van der Waals surface area contributed by atoms with Crippen LogP contribution in [0.3, 0.4) is 0 Å². The molecule has 0 spiro atoms. The number of hydrogen-bond donors (Lipinski definition) is 0. The summed E-state index contributed by atoms with van der Waals surface area (Å²) in [6.45, 7) is 3.70. The van der Waals surface area contributed by atoms with Crippen LogP contribution in [0.25, 0.3) is 10.9 Å². The fourth-order valence-electron chi connectivity index (χ4n) is 4.65. The normalized spacial score (nSPS) is 19.2. The Kier molecular flexibility index (Phi) is 5.38. The molecule has 2 aliphatic rings. The molecule has 0 bridgehead atoms. The molecule has 1 aromatic carbocycles. The average Bonchev–Trinajstić information content (AvgIpc) is 2.72. The van der Waals surface area contributed by atoms with Gasteiger partial charge in [-0.05, 0) is 43.7 Å². The fraction of sp³-hybridized carbons (Fsp3) is 0.591. The number of amides is 1. The van der Waals surface area contributed by atoms with E-state index in [1.54, 1.807) is 12.1 Å². The second-order valence-electron chi connectivity index (χ2n) is 8.42. The van der Waals surface area contributed by atoms with Crippen molar-refractivity contribution in [1.29, 1.82) is 0 Å². The number of aromatic nitrogens is 2. The molecule has 1 aliphatic carbocycles. The molecule has 1 aromatic heterocycles. The Morgan fingerprint density at radius 3 is 2.39 bits per heavy atom. The van der Waals surface area contributed by atoms with E-state index in [0.29, 0.717) is 16.8 Å². The quantitative estimate of drug-likeness (QED) is 0.819. The van der Waals surface area contributed by atoms with Crippen molar-refractivity contribution in [2.45, 2.75) is 64.5 Å². The first-order valence-corrected chi connectivity index (χ1v) is 10.6. The summed E-state index contributed by atoms with van der Waals surface area (Å²) in [6.07, 6.45) is 6.93. The van der Waals surface area contributed by atoms with Crippen LogP contribution in [0.5, 0.6) is 0 Å². The second-order valence-corrected chi connectivity index (χ2v) is 8.42. The standard InChI is InChI=1S/C22H29N3O3/c1-16-11-13-23(14-12-16)20(26)15-24-19-10-6-5-9-18(19)21(27)25(22(24)28)17-7-3-2-4-8-17/h5-6,9-10,16-17H,2-4,7-8,11-15H2,1H3. The van der Waals surface area contributed by atoms with E-state index in [0.717, 1.165) is 58.0 Å². The van der Waals surface area contributed by atoms with E-state index < -0.39 is 0 Å². The number of piperidine rings is 1. The van der Waals surface area contributed by atoms with Crippen molar-refractivity contribution in [3.05, 3.63) is 45.1 Å². The highest BCUT2D eigenvalue weighted by Gasteiger charge is 2.25. The SMILES string of the molecule is CC1CCN(C(=O)Cn2c(=O)n(C3CCCCC3)c(=O)c3ccccc32)CC1. The van der Waals surface area contributed by atoms with Gasteiger partial charge in [0.15, 0.2) is 0 Å². The van der Waals surface area contributed by atoms with Gasteiger partial charge < -0.3 is 4.90 Å². The van der Waals surface area contributed by atoms with Gasteiger partial charge in [0.2, 0.25) is 5.91 Å². The zero-order valence-corrected chi connectivity index (χ0v) is 16.6. The van der Waals surface area contributed by atoms with Crippen LogP contribution in [0, 0.1) is 5.92 Å². The van der Waals surface area contributed by atoms with Crippen molar-refractivity contribution in [2.75, 3.05) is 13.1 Å². The molecule has 28 heavy (non-hydrogen) atoms. The molecule has 4 rings (SSSR count). The number of hydrogen-bond acceptors (Lipinski definition) is 3. The Morgan fingerprint density at radius 2 is 1.68 bits per heavy atom. The Labute approximate surface area is 164 Å². The third-order valence-electron chi connectivity index (χ3n) is 6.45. The molecule has 0 radical (unpaired) electrons. The third-order valence-corrected chi connectivity index (χ3v) is 6.45. The Balaban J connectivity index is 1.75. The Morgan fingerprint density at radius 1 is 1.00 bits per heavy atom. The fourth-order valence-corrected chi connectivity index (χ4v) is 4.65. The maximum atomic E-state index is 13.3. The molecule has 1 saturated heterocycles. The van der Waals surface area contributed by atoms with E-state index in [9.17, 15) is 14.4 Å². The van der Waals surface area contributed by atoms with Gasteiger partial charge in [0.05, 0.1) is 10.9 Å². The molecule has 1 saturated carbocycles. The molecule has 6 heteroatoms.